The van der Waals surface area contributed by atoms with Crippen molar-refractivity contribution in [1.82, 2.24) is 4.57 Å². The van der Waals surface area contributed by atoms with Gasteiger partial charge in [-0.15, -0.1) is 0 Å². The maximum atomic E-state index is 12.3. The molecule has 2 aromatic rings. The largest absolute Gasteiger partial charge is 0.347 e. The van der Waals surface area contributed by atoms with Crippen LogP contribution in [0.15, 0.2) is 24.3 Å². The van der Waals surface area contributed by atoms with Crippen LogP contribution in [0.1, 0.15) is 31.3 Å². The molecule has 4 bridgehead atoms. The van der Waals surface area contributed by atoms with E-state index in [1.165, 1.54) is 5.56 Å². The first-order chi connectivity index (χ1) is 13.6. The number of hydrogen-bond donors (Lipinski definition) is 2. The first kappa shape index (κ1) is 18.5. The molecule has 4 aliphatic heterocycles. The minimum Gasteiger partial charge on any atom is -0.347 e. The Kier molecular flexibility index (Phi) is 3.41. The first-order valence-corrected chi connectivity index (χ1v) is 10.1. The molecule has 4 saturated heterocycles. The van der Waals surface area contributed by atoms with E-state index < -0.39 is 16.5 Å². The van der Waals surface area contributed by atoms with Gasteiger partial charge >= 0.3 is 11.1 Å². The van der Waals surface area contributed by atoms with Gasteiger partial charge in [-0.05, 0) is 26.8 Å². The van der Waals surface area contributed by atoms with Crippen molar-refractivity contribution in [3.8, 4) is 0 Å². The third-order valence-corrected chi connectivity index (χ3v) is 8.66. The van der Waals surface area contributed by atoms with E-state index in [0.29, 0.717) is 26.2 Å². The van der Waals surface area contributed by atoms with Gasteiger partial charge in [0.25, 0.3) is 0 Å². The quantitative estimate of drug-likeness (QED) is 0.527. The Morgan fingerprint density at radius 2 is 1.48 bits per heavy atom. The summed E-state index contributed by atoms with van der Waals surface area (Å²) in [4.78, 5) is 26.2. The molecule has 0 radical (unpaired) electrons. The molecule has 1 aromatic heterocycles. The van der Waals surface area contributed by atoms with Gasteiger partial charge in [-0.2, -0.15) is 0 Å². The zero-order valence-electron chi connectivity index (χ0n) is 17.2. The number of nitro groups is 2. The van der Waals surface area contributed by atoms with Crippen molar-refractivity contribution in [1.29, 1.82) is 0 Å². The zero-order valence-corrected chi connectivity index (χ0v) is 17.2. The number of piperidine rings is 2. The van der Waals surface area contributed by atoms with E-state index in [1.54, 1.807) is 13.8 Å². The molecule has 4 fully saturated rings. The molecular weight excluding hydrogens is 374 g/mol. The lowest BCUT2D eigenvalue weighted by atomic mass is 9.53. The highest BCUT2D eigenvalue weighted by Crippen LogP contribution is 2.48. The lowest BCUT2D eigenvalue weighted by molar-refractivity contribution is -1.20. The minimum atomic E-state index is -1.28. The van der Waals surface area contributed by atoms with Crippen LogP contribution in [-0.2, 0) is 7.05 Å². The Labute approximate surface area is 168 Å². The highest BCUT2D eigenvalue weighted by atomic mass is 16.6. The lowest BCUT2D eigenvalue weighted by Crippen LogP contribution is -3.43. The molecule has 0 unspecified atom stereocenters. The number of rotatable bonds is 3. The third-order valence-electron chi connectivity index (χ3n) is 8.66. The van der Waals surface area contributed by atoms with Crippen molar-refractivity contribution in [2.24, 2.45) is 12.5 Å². The van der Waals surface area contributed by atoms with E-state index in [9.17, 15) is 20.2 Å². The summed E-state index contributed by atoms with van der Waals surface area (Å²) < 4.78 is 2.16. The van der Waals surface area contributed by atoms with Crippen LogP contribution in [0, 0.1) is 32.6 Å². The van der Waals surface area contributed by atoms with Crippen molar-refractivity contribution in [3.05, 3.63) is 55.8 Å². The summed E-state index contributed by atoms with van der Waals surface area (Å²) >= 11 is 0. The van der Waals surface area contributed by atoms with Crippen LogP contribution in [-0.4, -0.2) is 51.7 Å². The fourth-order valence-corrected chi connectivity index (χ4v) is 6.80. The second-order valence-electron chi connectivity index (χ2n) is 9.73. The van der Waals surface area contributed by atoms with E-state index in [0.717, 1.165) is 26.4 Å². The first-order valence-electron chi connectivity index (χ1n) is 10.1. The van der Waals surface area contributed by atoms with Gasteiger partial charge in [-0.25, -0.2) is 0 Å². The standard InChI is InChI=1S/C20H25N5O4/c1-13-16(14-7-5-6-8-15(14)21(13)4)17-22-9-19(24(26)27)10-23(17)12-20(11-22,25(28)29)18(19,2)3/h5-8,17H,9-12H2,1-4H3/p+2. The second kappa shape index (κ2) is 5.34. The molecule has 9 nitrogen and oxygen atoms in total. The number of nitrogens with zero attached hydrogens (tertiary/aromatic N) is 3. The Hall–Kier alpha value is -2.52. The smallest absolute Gasteiger partial charge is 0.329 e. The molecule has 0 amide bonds. The molecule has 1 aromatic carbocycles. The summed E-state index contributed by atoms with van der Waals surface area (Å²) in [6.07, 6.45) is -0.0154. The molecule has 2 N–H and O–H groups in total. The van der Waals surface area contributed by atoms with Crippen molar-refractivity contribution >= 4 is 10.9 Å². The van der Waals surface area contributed by atoms with Crippen molar-refractivity contribution < 1.29 is 19.6 Å². The molecule has 0 spiro atoms. The molecule has 9 heteroatoms. The fraction of sp³-hybridized carbons (Fsp3) is 0.600. The summed E-state index contributed by atoms with van der Waals surface area (Å²) in [6, 6.07) is 8.20. The van der Waals surface area contributed by atoms with Crippen LogP contribution in [0.2, 0.25) is 0 Å². The Balaban J connectivity index is 1.71. The maximum Gasteiger partial charge on any atom is 0.329 e. The highest BCUT2D eigenvalue weighted by Gasteiger charge is 2.87. The van der Waals surface area contributed by atoms with E-state index in [1.807, 2.05) is 19.2 Å². The number of para-hydroxylation sites is 1. The van der Waals surface area contributed by atoms with Gasteiger partial charge in [0.1, 0.15) is 5.41 Å². The number of fused-ring (bicyclic) bond motifs is 1. The van der Waals surface area contributed by atoms with Crippen molar-refractivity contribution in [3.63, 3.8) is 0 Å². The lowest BCUT2D eigenvalue weighted by Gasteiger charge is -2.60. The Morgan fingerprint density at radius 3 is 1.97 bits per heavy atom. The summed E-state index contributed by atoms with van der Waals surface area (Å²) in [5.74, 6) is 0. The van der Waals surface area contributed by atoms with E-state index >= 15 is 0 Å². The maximum absolute atomic E-state index is 12.3. The second-order valence-corrected chi connectivity index (χ2v) is 9.73. The normalized spacial score (nSPS) is 37.2. The van der Waals surface area contributed by atoms with E-state index in [2.05, 4.69) is 23.6 Å². The van der Waals surface area contributed by atoms with Crippen molar-refractivity contribution in [2.45, 2.75) is 38.0 Å². The monoisotopic (exact) mass is 401 g/mol. The molecule has 5 heterocycles. The average molecular weight is 401 g/mol. The van der Waals surface area contributed by atoms with Crippen LogP contribution < -0.4 is 9.80 Å². The van der Waals surface area contributed by atoms with Crippen LogP contribution in [0.5, 0.6) is 0 Å². The molecule has 154 valence electrons. The Morgan fingerprint density at radius 1 is 1.00 bits per heavy atom. The molecule has 0 saturated carbocycles. The minimum absolute atomic E-state index is 0.0154. The molecule has 0 aliphatic carbocycles. The number of benzene rings is 1. The Bertz CT molecular complexity index is 1020. The number of nitrogens with one attached hydrogen (secondary N) is 2. The van der Waals surface area contributed by atoms with Gasteiger partial charge in [0.2, 0.25) is 6.17 Å². The van der Waals surface area contributed by atoms with Gasteiger partial charge < -0.3 is 4.57 Å². The molecule has 6 rings (SSSR count). The highest BCUT2D eigenvalue weighted by molar-refractivity contribution is 5.85. The number of quaternary nitrogens is 2. The summed E-state index contributed by atoms with van der Waals surface area (Å²) in [5, 5.41) is 25.8. The molecule has 0 atom stereocenters. The van der Waals surface area contributed by atoms with Crippen LogP contribution >= 0.6 is 0 Å². The van der Waals surface area contributed by atoms with E-state index in [-0.39, 0.29) is 16.0 Å². The predicted molar refractivity (Wildman–Crippen MR) is 105 cm³/mol. The van der Waals surface area contributed by atoms with Crippen LogP contribution in [0.4, 0.5) is 0 Å². The fourth-order valence-electron chi connectivity index (χ4n) is 6.80. The summed E-state index contributed by atoms with van der Waals surface area (Å²) in [7, 11) is 2.03. The van der Waals surface area contributed by atoms with Gasteiger partial charge in [-0.1, -0.05) is 18.2 Å². The number of hydrogen-bond acceptors (Lipinski definition) is 4. The molecular formula is C20H27N5O4+2. The number of aryl methyl sites for hydroxylation is 1. The predicted octanol–water partition coefficient (Wildman–Crippen LogP) is -0.647. The summed E-state index contributed by atoms with van der Waals surface area (Å²) in [6.45, 7) is 6.90. The van der Waals surface area contributed by atoms with Gasteiger partial charge in [0, 0.05) is 33.5 Å². The topological polar surface area (TPSA) is 100 Å². The molecule has 4 aliphatic rings. The zero-order chi connectivity index (χ0) is 20.9. The molecule has 29 heavy (non-hydrogen) atoms. The van der Waals surface area contributed by atoms with Crippen LogP contribution in [0.25, 0.3) is 10.9 Å². The van der Waals surface area contributed by atoms with Crippen LogP contribution in [0.3, 0.4) is 0 Å². The third kappa shape index (κ3) is 1.88. The van der Waals surface area contributed by atoms with E-state index in [4.69, 9.17) is 0 Å². The van der Waals surface area contributed by atoms with Gasteiger partial charge in [0.15, 0.2) is 26.2 Å². The SMILES string of the molecule is Cc1c(C2[NH+]3CC4([N+](=O)[O-])C[NH+]2CC([N+](=O)[O-])(C3)C4(C)C)c2ccccc2n1C. The van der Waals surface area contributed by atoms with Crippen molar-refractivity contribution in [2.75, 3.05) is 26.2 Å². The van der Waals surface area contributed by atoms with Gasteiger partial charge in [-0.3, -0.25) is 30.0 Å². The van der Waals surface area contributed by atoms with Gasteiger partial charge in [0.05, 0.1) is 5.56 Å². The number of aromatic nitrogens is 1. The average Bonchev–Trinajstić information content (AvgIpc) is 2.89. The summed E-state index contributed by atoms with van der Waals surface area (Å²) in [5.41, 5.74) is -0.121.